The van der Waals surface area contributed by atoms with E-state index in [0.29, 0.717) is 6.42 Å². The Balaban J connectivity index is 5.11. The predicted molar refractivity (Wildman–Crippen MR) is 69.7 cm³/mol. The van der Waals surface area contributed by atoms with Crippen molar-refractivity contribution in [3.05, 3.63) is 0 Å². The van der Waals surface area contributed by atoms with Crippen LogP contribution in [0.4, 0.5) is 0 Å². The van der Waals surface area contributed by atoms with E-state index in [0.717, 1.165) is 0 Å². The molecule has 4 nitrogen and oxygen atoms in total. The number of rotatable bonds is 8. The molecule has 0 bridgehead atoms. The van der Waals surface area contributed by atoms with Gasteiger partial charge in [0.1, 0.15) is 0 Å². The van der Waals surface area contributed by atoms with Gasteiger partial charge in [0.25, 0.3) is 0 Å². The predicted octanol–water partition coefficient (Wildman–Crippen LogP) is 2.72. The lowest BCUT2D eigenvalue weighted by molar-refractivity contribution is -0.122. The molecule has 0 spiro atoms. The average molecular weight is 262 g/mol. The van der Waals surface area contributed by atoms with Gasteiger partial charge in [-0.05, 0) is 41.5 Å². The van der Waals surface area contributed by atoms with Crippen LogP contribution in [0.15, 0.2) is 0 Å². The Kier molecular flexibility index (Phi) is 7.16. The Morgan fingerprint density at radius 3 is 1.35 bits per heavy atom. The first-order chi connectivity index (χ1) is 7.73. The summed E-state index contributed by atoms with van der Waals surface area (Å²) in [6.45, 7) is 13.1. The average Bonchev–Trinajstić information content (AvgIpc) is 2.12. The summed E-state index contributed by atoms with van der Waals surface area (Å²) in [7, 11) is -3.23. The fourth-order valence-electron chi connectivity index (χ4n) is 1.43. The molecule has 0 amide bonds. The van der Waals surface area contributed by atoms with E-state index >= 15 is 0 Å². The summed E-state index contributed by atoms with van der Waals surface area (Å²) in [5.41, 5.74) is 0. The van der Waals surface area contributed by atoms with Crippen LogP contribution in [-0.2, 0) is 18.1 Å². The van der Waals surface area contributed by atoms with Crippen LogP contribution in [0.5, 0.6) is 0 Å². The van der Waals surface area contributed by atoms with E-state index in [-0.39, 0.29) is 23.7 Å². The van der Waals surface area contributed by atoms with Crippen molar-refractivity contribution in [1.82, 2.24) is 0 Å². The minimum Gasteiger partial charge on any atom is -0.366 e. The molecule has 0 rings (SSSR count). The zero-order valence-corrected chi connectivity index (χ0v) is 13.1. The lowest BCUT2D eigenvalue weighted by Gasteiger charge is -2.32. The molecule has 0 heterocycles. The van der Waals surface area contributed by atoms with Gasteiger partial charge >= 0.3 is 8.80 Å². The molecule has 0 saturated heterocycles. The third-order valence-electron chi connectivity index (χ3n) is 1.84. The molecule has 0 saturated carbocycles. The summed E-state index contributed by atoms with van der Waals surface area (Å²) in [4.78, 5) is 12.1. The van der Waals surface area contributed by atoms with Gasteiger partial charge in [-0.15, -0.1) is 0 Å². The highest BCUT2D eigenvalue weighted by molar-refractivity contribution is 6.92. The first-order valence-electron chi connectivity index (χ1n) is 6.30. The van der Waals surface area contributed by atoms with Crippen LogP contribution in [0.1, 0.15) is 54.9 Å². The molecule has 0 unspecified atom stereocenters. The molecule has 0 aromatic rings. The highest BCUT2D eigenvalue weighted by atomic mass is 28.4. The van der Waals surface area contributed by atoms with Crippen molar-refractivity contribution < 1.29 is 18.1 Å². The SMILES string of the molecule is CCC(=O)[Si](OC(C)C)(OC(C)C)OC(C)C. The molecule has 5 heteroatoms. The molecule has 0 radical (unpaired) electrons. The molecule has 0 aromatic carbocycles. The smallest absolute Gasteiger partial charge is 0.366 e. The second-order valence-electron chi connectivity index (χ2n) is 4.83. The third kappa shape index (κ3) is 5.77. The van der Waals surface area contributed by atoms with Crippen LogP contribution in [0, 0.1) is 0 Å². The van der Waals surface area contributed by atoms with Gasteiger partial charge in [0, 0.05) is 24.7 Å². The van der Waals surface area contributed by atoms with Crippen molar-refractivity contribution in [2.24, 2.45) is 0 Å². The maximum atomic E-state index is 12.1. The minimum atomic E-state index is -3.23. The van der Waals surface area contributed by atoms with Gasteiger partial charge in [-0.2, -0.15) is 0 Å². The van der Waals surface area contributed by atoms with Crippen LogP contribution >= 0.6 is 0 Å². The summed E-state index contributed by atoms with van der Waals surface area (Å²) in [5, 5.41) is -0.0476. The number of hydrogen-bond acceptors (Lipinski definition) is 4. The fourth-order valence-corrected chi connectivity index (χ4v) is 4.28. The lowest BCUT2D eigenvalue weighted by atomic mass is 10.5. The Morgan fingerprint density at radius 2 is 1.18 bits per heavy atom. The Bertz CT molecular complexity index is 212. The molecule has 0 atom stereocenters. The van der Waals surface area contributed by atoms with Gasteiger partial charge in [0.2, 0.25) is 5.41 Å². The maximum Gasteiger partial charge on any atom is 0.575 e. The standard InChI is InChI=1S/C12H26O4Si/c1-8-12(13)17(14-9(2)3,15-10(4)5)16-11(6)7/h9-11H,8H2,1-7H3. The van der Waals surface area contributed by atoms with Crippen molar-refractivity contribution >= 4 is 14.2 Å². The van der Waals surface area contributed by atoms with Crippen LogP contribution in [-0.4, -0.2) is 32.5 Å². The molecule has 0 aromatic heterocycles. The van der Waals surface area contributed by atoms with Gasteiger partial charge in [-0.1, -0.05) is 6.92 Å². The highest BCUT2D eigenvalue weighted by Gasteiger charge is 2.51. The molecular weight excluding hydrogens is 236 g/mol. The van der Waals surface area contributed by atoms with E-state index in [4.69, 9.17) is 13.3 Å². The molecule has 102 valence electrons. The second kappa shape index (κ2) is 7.26. The number of carbonyl (C=O) groups excluding carboxylic acids is 1. The molecule has 0 aliphatic heterocycles. The third-order valence-corrected chi connectivity index (χ3v) is 5.22. The normalized spacial score (nSPS) is 12.8. The largest absolute Gasteiger partial charge is 0.575 e. The van der Waals surface area contributed by atoms with Crippen molar-refractivity contribution in [1.29, 1.82) is 0 Å². The van der Waals surface area contributed by atoms with Gasteiger partial charge in [-0.3, -0.25) is 4.79 Å². The maximum absolute atomic E-state index is 12.1. The molecule has 0 aliphatic carbocycles. The molecule has 0 aliphatic rings. The van der Waals surface area contributed by atoms with E-state index in [9.17, 15) is 4.79 Å². The first-order valence-corrected chi connectivity index (χ1v) is 8.02. The van der Waals surface area contributed by atoms with Crippen LogP contribution < -0.4 is 0 Å². The minimum absolute atomic E-state index is 0.0476. The monoisotopic (exact) mass is 262 g/mol. The summed E-state index contributed by atoms with van der Waals surface area (Å²) >= 11 is 0. The lowest BCUT2D eigenvalue weighted by Crippen LogP contribution is -2.57. The Hall–Kier alpha value is -0.233. The highest BCUT2D eigenvalue weighted by Crippen LogP contribution is 2.19. The molecule has 17 heavy (non-hydrogen) atoms. The van der Waals surface area contributed by atoms with E-state index < -0.39 is 8.80 Å². The molecule has 0 fully saturated rings. The zero-order chi connectivity index (χ0) is 13.6. The summed E-state index contributed by atoms with van der Waals surface area (Å²) in [6, 6.07) is 0. The Labute approximate surface area is 106 Å². The fraction of sp³-hybridized carbons (Fsp3) is 0.917. The van der Waals surface area contributed by atoms with Gasteiger partial charge < -0.3 is 13.3 Å². The van der Waals surface area contributed by atoms with Crippen molar-refractivity contribution in [2.75, 3.05) is 0 Å². The summed E-state index contributed by atoms with van der Waals surface area (Å²) < 4.78 is 17.3. The van der Waals surface area contributed by atoms with E-state index in [2.05, 4.69) is 0 Å². The van der Waals surface area contributed by atoms with Crippen molar-refractivity contribution in [3.8, 4) is 0 Å². The van der Waals surface area contributed by atoms with E-state index in [1.54, 1.807) is 6.92 Å². The van der Waals surface area contributed by atoms with Crippen LogP contribution in [0.2, 0.25) is 0 Å². The zero-order valence-electron chi connectivity index (χ0n) is 12.1. The van der Waals surface area contributed by atoms with Gasteiger partial charge in [0.05, 0.1) is 0 Å². The number of hydrogen-bond donors (Lipinski definition) is 0. The van der Waals surface area contributed by atoms with Gasteiger partial charge in [0.15, 0.2) is 0 Å². The Morgan fingerprint density at radius 1 is 0.882 bits per heavy atom. The van der Waals surface area contributed by atoms with E-state index in [1.807, 2.05) is 41.5 Å². The van der Waals surface area contributed by atoms with Crippen molar-refractivity contribution in [3.63, 3.8) is 0 Å². The van der Waals surface area contributed by atoms with Gasteiger partial charge in [-0.25, -0.2) is 0 Å². The second-order valence-corrected chi connectivity index (χ2v) is 7.21. The quantitative estimate of drug-likeness (QED) is 0.631. The van der Waals surface area contributed by atoms with Crippen molar-refractivity contribution in [2.45, 2.75) is 73.2 Å². The summed E-state index contributed by atoms with van der Waals surface area (Å²) in [6.07, 6.45) is 0.109. The van der Waals surface area contributed by atoms with E-state index in [1.165, 1.54) is 0 Å². The molecular formula is C12H26O4Si. The van der Waals surface area contributed by atoms with Crippen LogP contribution in [0.25, 0.3) is 0 Å². The summed E-state index contributed by atoms with van der Waals surface area (Å²) in [5.74, 6) is 0. The number of carbonyl (C=O) groups is 1. The van der Waals surface area contributed by atoms with Crippen LogP contribution in [0.3, 0.4) is 0 Å². The topological polar surface area (TPSA) is 44.8 Å². The first kappa shape index (κ1) is 16.8. The molecule has 0 N–H and O–H groups in total.